The fraction of sp³-hybridized carbons (Fsp3) is 0.360. The maximum Gasteiger partial charge on any atom is 0.233 e. The van der Waals surface area contributed by atoms with Crippen molar-refractivity contribution in [1.82, 2.24) is 9.88 Å². The number of benzene rings is 2. The monoisotopic (exact) mass is 484 g/mol. The first-order chi connectivity index (χ1) is 15.9. The molecule has 1 amide bonds. The lowest BCUT2D eigenvalue weighted by Crippen LogP contribution is -2.42. The van der Waals surface area contributed by atoms with Gasteiger partial charge < -0.3 is 9.64 Å². The molecule has 0 saturated carbocycles. The molecular formula is C25H28N2O4S2. The van der Waals surface area contributed by atoms with Crippen molar-refractivity contribution in [2.75, 3.05) is 30.9 Å². The normalized spacial score (nSPS) is 17.2. The van der Waals surface area contributed by atoms with Crippen LogP contribution in [0.1, 0.15) is 19.8 Å². The molecule has 1 saturated heterocycles. The highest BCUT2D eigenvalue weighted by Crippen LogP contribution is 2.33. The summed E-state index contributed by atoms with van der Waals surface area (Å²) < 4.78 is 29.3. The molecule has 2 heterocycles. The van der Waals surface area contributed by atoms with Crippen LogP contribution in [0.3, 0.4) is 0 Å². The fourth-order valence-corrected chi connectivity index (χ4v) is 6.76. The van der Waals surface area contributed by atoms with E-state index < -0.39 is 9.84 Å². The number of methoxy groups -OCH3 is 1. The second-order valence-electron chi connectivity index (χ2n) is 8.19. The maximum atomic E-state index is 13.1. The van der Waals surface area contributed by atoms with E-state index in [9.17, 15) is 13.2 Å². The van der Waals surface area contributed by atoms with Crippen molar-refractivity contribution in [2.45, 2.75) is 30.8 Å². The van der Waals surface area contributed by atoms with Gasteiger partial charge in [-0.3, -0.25) is 4.79 Å². The first kappa shape index (κ1) is 23.6. The average Bonchev–Trinajstić information content (AvgIpc) is 3.19. The van der Waals surface area contributed by atoms with E-state index in [1.165, 1.54) is 11.8 Å². The molecule has 33 heavy (non-hydrogen) atoms. The number of sulfone groups is 1. The summed E-state index contributed by atoms with van der Waals surface area (Å²) in [5.74, 6) is 1.12. The van der Waals surface area contributed by atoms with Gasteiger partial charge in [0.1, 0.15) is 5.75 Å². The topological polar surface area (TPSA) is 76.6 Å². The lowest BCUT2D eigenvalue weighted by Gasteiger charge is -2.27. The zero-order valence-electron chi connectivity index (χ0n) is 18.9. The molecule has 174 valence electrons. The molecule has 0 spiro atoms. The van der Waals surface area contributed by atoms with Crippen molar-refractivity contribution < 1.29 is 17.9 Å². The Bertz CT molecular complexity index is 1250. The second-order valence-corrected chi connectivity index (χ2v) is 11.4. The molecule has 8 heteroatoms. The van der Waals surface area contributed by atoms with E-state index in [1.54, 1.807) is 12.0 Å². The van der Waals surface area contributed by atoms with Crippen LogP contribution in [0.5, 0.6) is 5.75 Å². The van der Waals surface area contributed by atoms with Gasteiger partial charge in [0, 0.05) is 24.0 Å². The number of thioether (sulfide) groups is 1. The van der Waals surface area contributed by atoms with E-state index in [0.29, 0.717) is 13.0 Å². The molecule has 0 bridgehead atoms. The highest BCUT2D eigenvalue weighted by Gasteiger charge is 2.34. The van der Waals surface area contributed by atoms with Gasteiger partial charge in [-0.05, 0) is 42.2 Å². The van der Waals surface area contributed by atoms with E-state index in [1.807, 2.05) is 49.4 Å². The van der Waals surface area contributed by atoms with Crippen molar-refractivity contribution in [3.63, 3.8) is 0 Å². The van der Waals surface area contributed by atoms with Crippen LogP contribution in [0, 0.1) is 0 Å². The minimum Gasteiger partial charge on any atom is -0.497 e. The third-order valence-electron chi connectivity index (χ3n) is 5.86. The standard InChI is InChI=1S/C25H28N2O4S2/c1-3-12-27(19-11-13-33(29,30)17-19)25(28)16-32-24-15-22(18-7-5-4-6-8-18)21-10-9-20(31-2)14-23(21)26-24/h4-10,14-15,19H,3,11-13,16-17H2,1-2H3/t19-/m1/s1. The van der Waals surface area contributed by atoms with E-state index in [0.717, 1.165) is 39.2 Å². The van der Waals surface area contributed by atoms with Crippen LogP contribution in [-0.4, -0.2) is 61.2 Å². The summed E-state index contributed by atoms with van der Waals surface area (Å²) in [5.41, 5.74) is 2.93. The van der Waals surface area contributed by atoms with Crippen molar-refractivity contribution in [2.24, 2.45) is 0 Å². The number of fused-ring (bicyclic) bond motifs is 1. The largest absolute Gasteiger partial charge is 0.497 e. The van der Waals surface area contributed by atoms with Gasteiger partial charge in [0.2, 0.25) is 5.91 Å². The summed E-state index contributed by atoms with van der Waals surface area (Å²) in [6, 6.07) is 17.7. The number of pyridine rings is 1. The van der Waals surface area contributed by atoms with Gasteiger partial charge in [-0.15, -0.1) is 0 Å². The summed E-state index contributed by atoms with van der Waals surface area (Å²) in [5, 5.41) is 1.76. The van der Waals surface area contributed by atoms with E-state index in [4.69, 9.17) is 9.72 Å². The Kier molecular flexibility index (Phi) is 7.24. The average molecular weight is 485 g/mol. The minimum absolute atomic E-state index is 0.0437. The lowest BCUT2D eigenvalue weighted by molar-refractivity contribution is -0.130. The number of carbonyl (C=O) groups excluding carboxylic acids is 1. The van der Waals surface area contributed by atoms with Crippen molar-refractivity contribution >= 4 is 38.4 Å². The second kappa shape index (κ2) is 10.1. The Morgan fingerprint density at radius 3 is 2.64 bits per heavy atom. The van der Waals surface area contributed by atoms with Gasteiger partial charge in [-0.2, -0.15) is 0 Å². The summed E-state index contributed by atoms with van der Waals surface area (Å²) >= 11 is 1.39. The minimum atomic E-state index is -3.05. The molecule has 1 aliphatic rings. The Balaban J connectivity index is 1.60. The Morgan fingerprint density at radius 2 is 1.97 bits per heavy atom. The molecular weight excluding hydrogens is 456 g/mol. The quantitative estimate of drug-likeness (QED) is 0.440. The van der Waals surface area contributed by atoms with Crippen LogP contribution >= 0.6 is 11.8 Å². The summed E-state index contributed by atoms with van der Waals surface area (Å²) in [6.45, 7) is 2.57. The number of hydrogen-bond acceptors (Lipinski definition) is 6. The third-order valence-corrected chi connectivity index (χ3v) is 8.50. The predicted molar refractivity (Wildman–Crippen MR) is 134 cm³/mol. The van der Waals surface area contributed by atoms with Gasteiger partial charge in [0.25, 0.3) is 0 Å². The van der Waals surface area contributed by atoms with E-state index in [-0.39, 0.29) is 29.2 Å². The molecule has 0 unspecified atom stereocenters. The first-order valence-electron chi connectivity index (χ1n) is 11.1. The number of hydrogen-bond donors (Lipinski definition) is 0. The molecule has 6 nitrogen and oxygen atoms in total. The smallest absolute Gasteiger partial charge is 0.233 e. The lowest BCUT2D eigenvalue weighted by atomic mass is 10.0. The number of ether oxygens (including phenoxy) is 1. The first-order valence-corrected chi connectivity index (χ1v) is 13.9. The highest BCUT2D eigenvalue weighted by molar-refractivity contribution is 7.99. The molecule has 0 N–H and O–H groups in total. The van der Waals surface area contributed by atoms with Crippen LogP contribution in [0.25, 0.3) is 22.0 Å². The van der Waals surface area contributed by atoms with E-state index >= 15 is 0 Å². The zero-order chi connectivity index (χ0) is 23.4. The van der Waals surface area contributed by atoms with Crippen LogP contribution in [-0.2, 0) is 14.6 Å². The van der Waals surface area contributed by atoms with Gasteiger partial charge >= 0.3 is 0 Å². The molecule has 1 fully saturated rings. The zero-order valence-corrected chi connectivity index (χ0v) is 20.5. The number of rotatable bonds is 8. The van der Waals surface area contributed by atoms with Crippen LogP contribution in [0.2, 0.25) is 0 Å². The third kappa shape index (κ3) is 5.50. The van der Waals surface area contributed by atoms with Crippen LogP contribution < -0.4 is 4.74 Å². The molecule has 0 radical (unpaired) electrons. The molecule has 2 aromatic carbocycles. The van der Waals surface area contributed by atoms with Crippen LogP contribution in [0.4, 0.5) is 0 Å². The molecule has 1 atom stereocenters. The molecule has 1 aliphatic heterocycles. The Labute approximate surface area is 199 Å². The molecule has 3 aromatic rings. The fourth-order valence-electron chi connectivity index (χ4n) is 4.23. The Hall–Kier alpha value is -2.58. The Morgan fingerprint density at radius 1 is 1.18 bits per heavy atom. The maximum absolute atomic E-state index is 13.1. The summed E-state index contributed by atoms with van der Waals surface area (Å²) in [4.78, 5) is 19.6. The highest BCUT2D eigenvalue weighted by atomic mass is 32.2. The summed E-state index contributed by atoms with van der Waals surface area (Å²) in [6.07, 6.45) is 1.31. The number of nitrogens with zero attached hydrogens (tertiary/aromatic N) is 2. The van der Waals surface area contributed by atoms with Gasteiger partial charge in [0.15, 0.2) is 9.84 Å². The molecule has 1 aromatic heterocycles. The summed E-state index contributed by atoms with van der Waals surface area (Å²) in [7, 11) is -1.42. The van der Waals surface area contributed by atoms with Gasteiger partial charge in [-0.1, -0.05) is 49.0 Å². The molecule has 4 rings (SSSR count). The number of carbonyl (C=O) groups is 1. The predicted octanol–water partition coefficient (Wildman–Crippen LogP) is 4.43. The molecule has 0 aliphatic carbocycles. The van der Waals surface area contributed by atoms with Gasteiger partial charge in [0.05, 0.1) is 34.9 Å². The number of aromatic nitrogens is 1. The van der Waals surface area contributed by atoms with Crippen molar-refractivity contribution in [3.05, 3.63) is 54.6 Å². The number of amides is 1. The van der Waals surface area contributed by atoms with Gasteiger partial charge in [-0.25, -0.2) is 13.4 Å². The SMILES string of the molecule is CCCN(C(=O)CSc1cc(-c2ccccc2)c2ccc(OC)cc2n1)[C@@H]1CCS(=O)(=O)C1. The van der Waals surface area contributed by atoms with Crippen molar-refractivity contribution in [3.8, 4) is 16.9 Å². The van der Waals surface area contributed by atoms with Crippen molar-refractivity contribution in [1.29, 1.82) is 0 Å². The van der Waals surface area contributed by atoms with E-state index in [2.05, 4.69) is 12.1 Å². The van der Waals surface area contributed by atoms with Crippen LogP contribution in [0.15, 0.2) is 59.6 Å².